The molecule has 1 aromatic heterocycles. The van der Waals surface area contributed by atoms with Crippen LogP contribution >= 0.6 is 0 Å². The third kappa shape index (κ3) is 4.78. The van der Waals surface area contributed by atoms with Crippen LogP contribution in [0, 0.1) is 13.8 Å². The summed E-state index contributed by atoms with van der Waals surface area (Å²) in [7, 11) is 3.43. The van der Waals surface area contributed by atoms with Crippen LogP contribution in [0.1, 0.15) is 56.1 Å². The monoisotopic (exact) mass is 371 g/mol. The van der Waals surface area contributed by atoms with Crippen molar-refractivity contribution in [3.8, 4) is 17.0 Å². The molecule has 1 unspecified atom stereocenters. The van der Waals surface area contributed by atoms with Gasteiger partial charge in [-0.25, -0.2) is 9.97 Å². The lowest BCUT2D eigenvalue weighted by atomic mass is 9.99. The molecule has 1 N–H and O–H groups in total. The highest BCUT2D eigenvalue weighted by Crippen LogP contribution is 2.36. The Morgan fingerprint density at radius 2 is 1.70 bits per heavy atom. The number of ether oxygens (including phenoxy) is 2. The van der Waals surface area contributed by atoms with Crippen LogP contribution in [-0.2, 0) is 17.6 Å². The van der Waals surface area contributed by atoms with Crippen LogP contribution in [-0.4, -0.2) is 30.4 Å². The lowest BCUT2D eigenvalue weighted by Gasteiger charge is -2.21. The summed E-state index contributed by atoms with van der Waals surface area (Å²) in [6.07, 6.45) is 3.50. The summed E-state index contributed by atoms with van der Waals surface area (Å²) >= 11 is 0. The number of hydrogen-bond donors (Lipinski definition) is 1. The van der Waals surface area contributed by atoms with Gasteiger partial charge in [-0.3, -0.25) is 0 Å². The van der Waals surface area contributed by atoms with Gasteiger partial charge in [-0.2, -0.15) is 0 Å². The van der Waals surface area contributed by atoms with Crippen molar-refractivity contribution in [1.29, 1.82) is 0 Å². The van der Waals surface area contributed by atoms with Crippen molar-refractivity contribution in [1.82, 2.24) is 9.97 Å². The van der Waals surface area contributed by atoms with Crippen LogP contribution in [0.5, 0.6) is 5.75 Å². The normalized spacial score (nSPS) is 12.1. The average molecular weight is 372 g/mol. The third-order valence-corrected chi connectivity index (χ3v) is 4.74. The molecule has 0 aliphatic carbocycles. The van der Waals surface area contributed by atoms with Crippen LogP contribution in [0.15, 0.2) is 12.1 Å². The molecule has 1 atom stereocenters. The Kier molecular flexibility index (Phi) is 7.60. The molecule has 1 aromatic carbocycles. The fourth-order valence-corrected chi connectivity index (χ4v) is 3.37. The van der Waals surface area contributed by atoms with Crippen LogP contribution < -0.4 is 10.1 Å². The Bertz CT molecular complexity index is 775. The first kappa shape index (κ1) is 21.2. The zero-order valence-electron chi connectivity index (χ0n) is 17.8. The molecule has 0 bridgehead atoms. The fraction of sp³-hybridized carbons (Fsp3) is 0.545. The molecular weight excluding hydrogens is 338 g/mol. The average Bonchev–Trinajstić information content (AvgIpc) is 2.66. The molecule has 0 radical (unpaired) electrons. The number of aryl methyl sites for hydroxylation is 4. The molecular formula is C22H33N3O2. The molecule has 2 rings (SSSR count). The van der Waals surface area contributed by atoms with Crippen molar-refractivity contribution in [3.05, 3.63) is 34.6 Å². The topological polar surface area (TPSA) is 56.3 Å². The molecule has 0 saturated carbocycles. The SMILES string of the molecule is CCCC(Nc1nc(CC)c(-c2c(C)cc(C)cc2OC)nc1CC)OC. The highest BCUT2D eigenvalue weighted by molar-refractivity contribution is 5.74. The molecule has 0 fully saturated rings. The summed E-state index contributed by atoms with van der Waals surface area (Å²) in [5.74, 6) is 1.67. The standard InChI is InChI=1S/C22H33N3O2/c1-8-11-19(27-7)25-22-17(10-3)23-21(16(9-2)24-22)20-15(5)12-14(4)13-18(20)26-6/h12-13,19H,8-11H2,1-7H3,(H,24,25). The Hall–Kier alpha value is -2.14. The Balaban J connectivity index is 2.60. The fourth-order valence-electron chi connectivity index (χ4n) is 3.37. The molecule has 148 valence electrons. The van der Waals surface area contributed by atoms with Gasteiger partial charge in [0.15, 0.2) is 0 Å². The number of rotatable bonds is 9. The van der Waals surface area contributed by atoms with Crippen molar-refractivity contribution >= 4 is 5.82 Å². The lowest BCUT2D eigenvalue weighted by Crippen LogP contribution is -2.23. The van der Waals surface area contributed by atoms with Crippen molar-refractivity contribution in [2.75, 3.05) is 19.5 Å². The van der Waals surface area contributed by atoms with E-state index in [1.165, 1.54) is 5.56 Å². The molecule has 0 amide bonds. The van der Waals surface area contributed by atoms with Crippen LogP contribution in [0.25, 0.3) is 11.3 Å². The first-order valence-corrected chi connectivity index (χ1v) is 9.83. The molecule has 0 saturated heterocycles. The Morgan fingerprint density at radius 3 is 2.26 bits per heavy atom. The van der Waals surface area contributed by atoms with E-state index >= 15 is 0 Å². The summed E-state index contributed by atoms with van der Waals surface area (Å²) in [5.41, 5.74) is 6.19. The van der Waals surface area contributed by atoms with Gasteiger partial charge in [-0.15, -0.1) is 0 Å². The van der Waals surface area contributed by atoms with Crippen molar-refractivity contribution in [2.24, 2.45) is 0 Å². The van der Waals surface area contributed by atoms with Crippen molar-refractivity contribution < 1.29 is 9.47 Å². The first-order chi connectivity index (χ1) is 13.0. The van der Waals surface area contributed by atoms with E-state index < -0.39 is 0 Å². The maximum atomic E-state index is 5.68. The molecule has 5 nitrogen and oxygen atoms in total. The van der Waals surface area contributed by atoms with E-state index in [-0.39, 0.29) is 6.23 Å². The molecule has 0 aliphatic heterocycles. The summed E-state index contributed by atoms with van der Waals surface area (Å²) in [6, 6.07) is 4.22. The molecule has 0 aliphatic rings. The zero-order chi connectivity index (χ0) is 20.0. The third-order valence-electron chi connectivity index (χ3n) is 4.74. The summed E-state index contributed by atoms with van der Waals surface area (Å²) in [6.45, 7) is 10.5. The Morgan fingerprint density at radius 1 is 1.00 bits per heavy atom. The molecule has 5 heteroatoms. The van der Waals surface area contributed by atoms with E-state index in [1.54, 1.807) is 14.2 Å². The highest BCUT2D eigenvalue weighted by Gasteiger charge is 2.20. The maximum Gasteiger partial charge on any atom is 0.150 e. The number of anilines is 1. The van der Waals surface area contributed by atoms with Crippen LogP contribution in [0.2, 0.25) is 0 Å². The smallest absolute Gasteiger partial charge is 0.150 e. The minimum Gasteiger partial charge on any atom is -0.496 e. The molecule has 0 spiro atoms. The van der Waals surface area contributed by atoms with E-state index in [9.17, 15) is 0 Å². The minimum atomic E-state index is -0.0548. The second-order valence-corrected chi connectivity index (χ2v) is 6.84. The summed E-state index contributed by atoms with van der Waals surface area (Å²) in [5, 5.41) is 3.43. The predicted octanol–water partition coefficient (Wildman–Crippen LogP) is 5.08. The van der Waals surface area contributed by atoms with Crippen LogP contribution in [0.4, 0.5) is 5.82 Å². The molecule has 27 heavy (non-hydrogen) atoms. The van der Waals surface area contributed by atoms with Crippen LogP contribution in [0.3, 0.4) is 0 Å². The highest BCUT2D eigenvalue weighted by atomic mass is 16.5. The number of benzene rings is 1. The van der Waals surface area contributed by atoms with Gasteiger partial charge in [0.25, 0.3) is 0 Å². The van der Waals surface area contributed by atoms with E-state index in [1.807, 2.05) is 0 Å². The maximum absolute atomic E-state index is 5.68. The van der Waals surface area contributed by atoms with Crippen molar-refractivity contribution in [3.63, 3.8) is 0 Å². The number of methoxy groups -OCH3 is 2. The van der Waals surface area contributed by atoms with Gasteiger partial charge in [0, 0.05) is 12.7 Å². The second-order valence-electron chi connectivity index (χ2n) is 6.84. The van der Waals surface area contributed by atoms with Gasteiger partial charge >= 0.3 is 0 Å². The van der Waals surface area contributed by atoms with E-state index in [0.29, 0.717) is 0 Å². The van der Waals surface area contributed by atoms with Gasteiger partial charge in [0.2, 0.25) is 0 Å². The predicted molar refractivity (Wildman–Crippen MR) is 112 cm³/mol. The van der Waals surface area contributed by atoms with Gasteiger partial charge in [-0.05, 0) is 50.3 Å². The number of aromatic nitrogens is 2. The van der Waals surface area contributed by atoms with Gasteiger partial charge in [0.05, 0.1) is 24.2 Å². The number of nitrogens with zero attached hydrogens (tertiary/aromatic N) is 2. The Labute approximate surface area is 163 Å². The molecule has 2 aromatic rings. The number of nitrogens with one attached hydrogen (secondary N) is 1. The summed E-state index contributed by atoms with van der Waals surface area (Å²) in [4.78, 5) is 9.96. The van der Waals surface area contributed by atoms with E-state index in [0.717, 1.165) is 65.5 Å². The molecule has 1 heterocycles. The van der Waals surface area contributed by atoms with E-state index in [4.69, 9.17) is 19.4 Å². The second kappa shape index (κ2) is 9.70. The lowest BCUT2D eigenvalue weighted by molar-refractivity contribution is 0.117. The summed E-state index contributed by atoms with van der Waals surface area (Å²) < 4.78 is 11.2. The quantitative estimate of drug-likeness (QED) is 0.623. The van der Waals surface area contributed by atoms with Gasteiger partial charge in [-0.1, -0.05) is 33.3 Å². The first-order valence-electron chi connectivity index (χ1n) is 9.83. The van der Waals surface area contributed by atoms with E-state index in [2.05, 4.69) is 52.1 Å². The van der Waals surface area contributed by atoms with Gasteiger partial charge < -0.3 is 14.8 Å². The van der Waals surface area contributed by atoms with Gasteiger partial charge in [0.1, 0.15) is 17.8 Å². The largest absolute Gasteiger partial charge is 0.496 e. The van der Waals surface area contributed by atoms with Crippen molar-refractivity contribution in [2.45, 2.75) is 66.5 Å². The number of hydrogen-bond acceptors (Lipinski definition) is 5. The zero-order valence-corrected chi connectivity index (χ0v) is 17.8. The minimum absolute atomic E-state index is 0.0548.